The molecule has 1 saturated heterocycles. The number of hydrogen-bond donors (Lipinski definition) is 2. The number of benzene rings is 1. The fraction of sp³-hybridized carbons (Fsp3) is 0.550. The van der Waals surface area contributed by atoms with E-state index in [9.17, 15) is 9.50 Å². The maximum Gasteiger partial charge on any atom is 0.123 e. The fourth-order valence-electron chi connectivity index (χ4n) is 3.70. The molecule has 2 heterocycles. The molecule has 4 nitrogen and oxygen atoms in total. The average Bonchev–Trinajstić information content (AvgIpc) is 2.93. The summed E-state index contributed by atoms with van der Waals surface area (Å²) in [6, 6.07) is 6.27. The summed E-state index contributed by atoms with van der Waals surface area (Å²) in [4.78, 5) is 2.38. The largest absolute Gasteiger partial charge is 0.385 e. The van der Waals surface area contributed by atoms with Gasteiger partial charge in [0.2, 0.25) is 0 Å². The van der Waals surface area contributed by atoms with E-state index in [4.69, 9.17) is 0 Å². The van der Waals surface area contributed by atoms with Gasteiger partial charge in [0, 0.05) is 29.8 Å². The van der Waals surface area contributed by atoms with Crippen LogP contribution in [0.15, 0.2) is 30.5 Å². The number of aromatic nitrogens is 2. The second kappa shape index (κ2) is 6.89. The maximum absolute atomic E-state index is 13.2. The maximum atomic E-state index is 13.2. The van der Waals surface area contributed by atoms with Crippen LogP contribution in [0.25, 0.3) is 0 Å². The van der Waals surface area contributed by atoms with E-state index in [2.05, 4.69) is 35.9 Å². The lowest BCUT2D eigenvalue weighted by atomic mass is 9.87. The van der Waals surface area contributed by atoms with Crippen molar-refractivity contribution in [2.45, 2.75) is 57.6 Å². The minimum Gasteiger partial charge on any atom is -0.385 e. The molecule has 3 rings (SSSR count). The monoisotopic (exact) mass is 345 g/mol. The zero-order valence-electron chi connectivity index (χ0n) is 15.3. The zero-order valence-corrected chi connectivity index (χ0v) is 15.3. The molecule has 1 aromatic carbocycles. The van der Waals surface area contributed by atoms with Crippen molar-refractivity contribution >= 4 is 0 Å². The number of nitrogens with one attached hydrogen (secondary N) is 1. The Morgan fingerprint density at radius 1 is 1.20 bits per heavy atom. The first-order valence-corrected chi connectivity index (χ1v) is 9.01. The van der Waals surface area contributed by atoms with Crippen molar-refractivity contribution in [3.8, 4) is 0 Å². The van der Waals surface area contributed by atoms with Crippen molar-refractivity contribution < 1.29 is 9.50 Å². The van der Waals surface area contributed by atoms with E-state index in [-0.39, 0.29) is 11.2 Å². The molecule has 0 radical (unpaired) electrons. The molecule has 1 atom stereocenters. The highest BCUT2D eigenvalue weighted by Crippen LogP contribution is 2.33. The topological polar surface area (TPSA) is 52.2 Å². The van der Waals surface area contributed by atoms with Crippen LogP contribution in [-0.2, 0) is 17.6 Å². The number of aromatic amines is 1. The van der Waals surface area contributed by atoms with Crippen molar-refractivity contribution in [3.63, 3.8) is 0 Å². The van der Waals surface area contributed by atoms with Gasteiger partial charge in [-0.25, -0.2) is 4.39 Å². The van der Waals surface area contributed by atoms with Gasteiger partial charge in [-0.1, -0.05) is 32.9 Å². The number of rotatable bonds is 3. The second-order valence-electron chi connectivity index (χ2n) is 8.19. The molecular formula is C20H28FN3O. The summed E-state index contributed by atoms with van der Waals surface area (Å²) in [7, 11) is 0. The lowest BCUT2D eigenvalue weighted by Gasteiger charge is -2.28. The predicted molar refractivity (Wildman–Crippen MR) is 96.7 cm³/mol. The average molecular weight is 345 g/mol. The predicted octanol–water partition coefficient (Wildman–Crippen LogP) is 3.72. The number of likely N-dealkylation sites (tertiary alicyclic amines) is 1. The molecule has 5 heteroatoms. The molecule has 1 aliphatic heterocycles. The van der Waals surface area contributed by atoms with Gasteiger partial charge in [-0.05, 0) is 43.5 Å². The highest BCUT2D eigenvalue weighted by atomic mass is 19.1. The van der Waals surface area contributed by atoms with E-state index in [0.717, 1.165) is 31.6 Å². The van der Waals surface area contributed by atoms with Crippen molar-refractivity contribution in [2.75, 3.05) is 13.1 Å². The molecule has 0 saturated carbocycles. The highest BCUT2D eigenvalue weighted by Gasteiger charge is 2.32. The highest BCUT2D eigenvalue weighted by molar-refractivity contribution is 5.25. The summed E-state index contributed by atoms with van der Waals surface area (Å²) in [6.07, 6.45) is 4.18. The van der Waals surface area contributed by atoms with Gasteiger partial charge in [-0.2, -0.15) is 5.10 Å². The molecule has 0 amide bonds. The molecule has 1 aromatic heterocycles. The van der Waals surface area contributed by atoms with Crippen LogP contribution in [0.3, 0.4) is 0 Å². The van der Waals surface area contributed by atoms with Crippen molar-refractivity contribution in [1.29, 1.82) is 0 Å². The standard InChI is InChI=1S/C20H28FN3O/c1-19(2,3)18-15(13-22-23-18)14-24-11-4-9-20(25,10-12-24)16-5-7-17(21)8-6-16/h5-8,13,25H,4,9-12,14H2,1-3H3,(H,22,23)/t20-/m0/s1. The molecule has 0 unspecified atom stereocenters. The van der Waals surface area contributed by atoms with Gasteiger partial charge < -0.3 is 5.11 Å². The Balaban J connectivity index is 1.70. The molecule has 1 aliphatic rings. The Bertz CT molecular complexity index is 704. The SMILES string of the molecule is CC(C)(C)c1[nH]ncc1CN1CCC[C@@](O)(c2ccc(F)cc2)CC1. The Morgan fingerprint density at radius 2 is 1.92 bits per heavy atom. The second-order valence-corrected chi connectivity index (χ2v) is 8.19. The van der Waals surface area contributed by atoms with E-state index in [1.165, 1.54) is 23.4 Å². The molecule has 0 aliphatic carbocycles. The Kier molecular flexibility index (Phi) is 4.98. The Labute approximate surface area is 149 Å². The molecule has 2 N–H and O–H groups in total. The van der Waals surface area contributed by atoms with Crippen LogP contribution in [0, 0.1) is 5.82 Å². The first-order chi connectivity index (χ1) is 11.8. The summed E-state index contributed by atoms with van der Waals surface area (Å²) in [6.45, 7) is 9.13. The van der Waals surface area contributed by atoms with E-state index in [1.54, 1.807) is 12.1 Å². The van der Waals surface area contributed by atoms with Crippen molar-refractivity contribution in [3.05, 3.63) is 53.1 Å². The summed E-state index contributed by atoms with van der Waals surface area (Å²) in [5.41, 5.74) is 2.37. The van der Waals surface area contributed by atoms with Crippen LogP contribution in [0.5, 0.6) is 0 Å². The Morgan fingerprint density at radius 3 is 2.60 bits per heavy atom. The number of halogens is 1. The minimum absolute atomic E-state index is 0.0343. The molecule has 0 spiro atoms. The first kappa shape index (κ1) is 18.1. The third-order valence-corrected chi connectivity index (χ3v) is 5.15. The number of nitrogens with zero attached hydrogens (tertiary/aromatic N) is 2. The third kappa shape index (κ3) is 4.10. The molecule has 1 fully saturated rings. The lowest BCUT2D eigenvalue weighted by molar-refractivity contribution is 0.0209. The summed E-state index contributed by atoms with van der Waals surface area (Å²) in [5, 5.41) is 18.4. The van der Waals surface area contributed by atoms with Gasteiger partial charge >= 0.3 is 0 Å². The third-order valence-electron chi connectivity index (χ3n) is 5.15. The van der Waals surface area contributed by atoms with Gasteiger partial charge in [0.1, 0.15) is 5.82 Å². The number of H-pyrrole nitrogens is 1. The molecule has 25 heavy (non-hydrogen) atoms. The number of hydrogen-bond acceptors (Lipinski definition) is 3. The van der Waals surface area contributed by atoms with Crippen LogP contribution in [0.4, 0.5) is 4.39 Å². The smallest absolute Gasteiger partial charge is 0.123 e. The zero-order chi connectivity index (χ0) is 18.1. The van der Waals surface area contributed by atoms with Gasteiger partial charge in [0.05, 0.1) is 11.8 Å². The van der Waals surface area contributed by atoms with Gasteiger partial charge in [0.25, 0.3) is 0 Å². The van der Waals surface area contributed by atoms with Crippen LogP contribution in [-0.4, -0.2) is 33.3 Å². The van der Waals surface area contributed by atoms with E-state index in [0.29, 0.717) is 12.8 Å². The quantitative estimate of drug-likeness (QED) is 0.891. The number of aliphatic hydroxyl groups is 1. The first-order valence-electron chi connectivity index (χ1n) is 9.01. The molecular weight excluding hydrogens is 317 g/mol. The molecule has 2 aromatic rings. The molecule has 136 valence electrons. The Hall–Kier alpha value is -1.72. The van der Waals surface area contributed by atoms with E-state index < -0.39 is 5.60 Å². The van der Waals surface area contributed by atoms with Crippen LogP contribution >= 0.6 is 0 Å². The molecule has 0 bridgehead atoms. The summed E-state index contributed by atoms with van der Waals surface area (Å²) < 4.78 is 13.2. The van der Waals surface area contributed by atoms with Gasteiger partial charge in [-0.3, -0.25) is 10.00 Å². The lowest BCUT2D eigenvalue weighted by Crippen LogP contribution is -2.29. The van der Waals surface area contributed by atoms with Gasteiger partial charge in [-0.15, -0.1) is 0 Å². The van der Waals surface area contributed by atoms with Crippen LogP contribution < -0.4 is 0 Å². The van der Waals surface area contributed by atoms with Crippen LogP contribution in [0.1, 0.15) is 56.9 Å². The fourth-order valence-corrected chi connectivity index (χ4v) is 3.70. The van der Waals surface area contributed by atoms with Gasteiger partial charge in [0.15, 0.2) is 0 Å². The normalized spacial score (nSPS) is 22.8. The summed E-state index contributed by atoms with van der Waals surface area (Å²) >= 11 is 0. The van der Waals surface area contributed by atoms with Crippen LogP contribution in [0.2, 0.25) is 0 Å². The minimum atomic E-state index is -0.869. The van der Waals surface area contributed by atoms with Crippen molar-refractivity contribution in [2.24, 2.45) is 0 Å². The van der Waals surface area contributed by atoms with E-state index in [1.807, 2.05) is 6.20 Å². The van der Waals surface area contributed by atoms with Crippen molar-refractivity contribution in [1.82, 2.24) is 15.1 Å². The summed E-state index contributed by atoms with van der Waals surface area (Å²) in [5.74, 6) is -0.266. The van der Waals surface area contributed by atoms with E-state index >= 15 is 0 Å².